The normalized spacial score (nSPS) is 48.9. The van der Waals surface area contributed by atoms with E-state index in [-0.39, 0.29) is 0 Å². The van der Waals surface area contributed by atoms with E-state index < -0.39 is 0 Å². The summed E-state index contributed by atoms with van der Waals surface area (Å²) in [6.07, 6.45) is 16.6. The van der Waals surface area contributed by atoms with E-state index in [1.54, 1.807) is 5.57 Å². The number of rotatable bonds is 0. The van der Waals surface area contributed by atoms with Crippen molar-refractivity contribution in [3.63, 3.8) is 0 Å². The molecule has 0 heterocycles. The molecule has 118 valence electrons. The first kappa shape index (κ1) is 14.6. The van der Waals surface area contributed by atoms with Crippen molar-refractivity contribution in [2.24, 2.45) is 28.6 Å². The highest BCUT2D eigenvalue weighted by Crippen LogP contribution is 2.66. The molecule has 3 saturated carbocycles. The maximum absolute atomic E-state index is 9.13. The Morgan fingerprint density at radius 3 is 2.73 bits per heavy atom. The molecule has 0 aromatic rings. The van der Waals surface area contributed by atoms with E-state index >= 15 is 0 Å². The third-order valence-electron chi connectivity index (χ3n) is 8.11. The van der Waals surface area contributed by atoms with Gasteiger partial charge in [-0.05, 0) is 86.4 Å². The van der Waals surface area contributed by atoms with Crippen LogP contribution in [0.1, 0.15) is 71.6 Å². The van der Waals surface area contributed by atoms with Gasteiger partial charge in [-0.2, -0.15) is 5.26 Å². The van der Waals surface area contributed by atoms with Crippen LogP contribution in [0.2, 0.25) is 0 Å². The Kier molecular flexibility index (Phi) is 3.30. The first-order valence-electron chi connectivity index (χ1n) is 9.38. The van der Waals surface area contributed by atoms with Crippen LogP contribution in [0.4, 0.5) is 0 Å². The summed E-state index contributed by atoms with van der Waals surface area (Å²) in [5.74, 6) is 2.65. The lowest BCUT2D eigenvalue weighted by Crippen LogP contribution is -2.49. The second-order valence-corrected chi connectivity index (χ2v) is 8.75. The molecule has 4 rings (SSSR count). The summed E-state index contributed by atoms with van der Waals surface area (Å²) in [5.41, 5.74) is 4.11. The summed E-state index contributed by atoms with van der Waals surface area (Å²) in [4.78, 5) is 0. The molecule has 22 heavy (non-hydrogen) atoms. The van der Waals surface area contributed by atoms with Crippen molar-refractivity contribution in [3.8, 4) is 6.07 Å². The zero-order chi connectivity index (χ0) is 15.4. The minimum Gasteiger partial charge on any atom is -0.193 e. The van der Waals surface area contributed by atoms with Crippen LogP contribution in [0.3, 0.4) is 0 Å². The Bertz CT molecular complexity index is 577. The maximum atomic E-state index is 9.13. The molecule has 5 atom stereocenters. The quantitative estimate of drug-likeness (QED) is 0.410. The van der Waals surface area contributed by atoms with Crippen molar-refractivity contribution in [1.82, 2.24) is 0 Å². The number of hydrogen-bond acceptors (Lipinski definition) is 1. The molecule has 0 saturated heterocycles. The molecule has 0 spiro atoms. The maximum Gasteiger partial charge on any atom is 0.0911 e. The Balaban J connectivity index is 1.68. The number of nitrogens with zero attached hydrogens (tertiary/aromatic N) is 1. The van der Waals surface area contributed by atoms with E-state index in [1.165, 1.54) is 63.4 Å². The molecule has 0 aromatic carbocycles. The Morgan fingerprint density at radius 1 is 1.09 bits per heavy atom. The molecule has 4 aliphatic carbocycles. The largest absolute Gasteiger partial charge is 0.193 e. The van der Waals surface area contributed by atoms with Crippen molar-refractivity contribution in [2.75, 3.05) is 0 Å². The monoisotopic (exact) mass is 295 g/mol. The molecular formula is C21H29N. The summed E-state index contributed by atoms with van der Waals surface area (Å²) < 4.78 is 0. The standard InChI is InChI=1S/C21H29N/c1-20-12-4-3-5-15(20)6-8-17-18-9-7-16(11-14-22)21(18,2)13-10-19(17)20/h5,11,17-19H,3-4,6-10,12-13H2,1-2H3/b16-11-. The van der Waals surface area contributed by atoms with Gasteiger partial charge in [-0.3, -0.25) is 0 Å². The highest BCUT2D eigenvalue weighted by atomic mass is 14.6. The molecule has 0 bridgehead atoms. The lowest BCUT2D eigenvalue weighted by molar-refractivity contribution is -0.0254. The molecule has 0 radical (unpaired) electrons. The fraction of sp³-hybridized carbons (Fsp3) is 0.762. The molecule has 0 N–H and O–H groups in total. The van der Waals surface area contributed by atoms with Gasteiger partial charge in [0.15, 0.2) is 0 Å². The fourth-order valence-electron chi connectivity index (χ4n) is 6.92. The van der Waals surface area contributed by atoms with Gasteiger partial charge in [0.2, 0.25) is 0 Å². The highest BCUT2D eigenvalue weighted by Gasteiger charge is 2.57. The van der Waals surface area contributed by atoms with Crippen LogP contribution in [0.5, 0.6) is 0 Å². The Labute approximate surface area is 135 Å². The highest BCUT2D eigenvalue weighted by molar-refractivity contribution is 5.30. The van der Waals surface area contributed by atoms with Crippen LogP contribution in [-0.4, -0.2) is 0 Å². The van der Waals surface area contributed by atoms with E-state index in [0.29, 0.717) is 10.8 Å². The van der Waals surface area contributed by atoms with E-state index in [4.69, 9.17) is 5.26 Å². The van der Waals surface area contributed by atoms with Gasteiger partial charge in [-0.25, -0.2) is 0 Å². The van der Waals surface area contributed by atoms with E-state index in [2.05, 4.69) is 26.0 Å². The van der Waals surface area contributed by atoms with E-state index in [1.807, 2.05) is 6.08 Å². The second-order valence-electron chi connectivity index (χ2n) is 8.75. The third-order valence-corrected chi connectivity index (χ3v) is 8.11. The van der Waals surface area contributed by atoms with Gasteiger partial charge in [0.05, 0.1) is 6.07 Å². The molecule has 0 aromatic heterocycles. The number of nitriles is 1. The van der Waals surface area contributed by atoms with E-state index in [9.17, 15) is 0 Å². The van der Waals surface area contributed by atoms with Crippen molar-refractivity contribution < 1.29 is 0 Å². The molecule has 0 aliphatic heterocycles. The van der Waals surface area contributed by atoms with Crippen LogP contribution in [0.15, 0.2) is 23.3 Å². The molecular weight excluding hydrogens is 266 g/mol. The smallest absolute Gasteiger partial charge is 0.0911 e. The van der Waals surface area contributed by atoms with Crippen LogP contribution < -0.4 is 0 Å². The average molecular weight is 295 g/mol. The fourth-order valence-corrected chi connectivity index (χ4v) is 6.92. The summed E-state index contributed by atoms with van der Waals surface area (Å²) in [7, 11) is 0. The van der Waals surface area contributed by atoms with Gasteiger partial charge in [-0.1, -0.05) is 31.1 Å². The Morgan fingerprint density at radius 2 is 1.91 bits per heavy atom. The zero-order valence-electron chi connectivity index (χ0n) is 14.2. The molecule has 0 amide bonds. The van der Waals surface area contributed by atoms with Crippen molar-refractivity contribution in [3.05, 3.63) is 23.3 Å². The SMILES string of the molecule is CC12CCCC=C1CCC1C2CCC2(C)/C(=C\C#N)CCC12. The molecule has 5 unspecified atom stereocenters. The lowest BCUT2D eigenvalue weighted by Gasteiger charge is -2.57. The van der Waals surface area contributed by atoms with Crippen LogP contribution >= 0.6 is 0 Å². The van der Waals surface area contributed by atoms with Gasteiger partial charge in [0.1, 0.15) is 0 Å². The minimum absolute atomic E-state index is 0.336. The van der Waals surface area contributed by atoms with Gasteiger partial charge in [0.25, 0.3) is 0 Å². The summed E-state index contributed by atoms with van der Waals surface area (Å²) in [5, 5.41) is 9.13. The van der Waals surface area contributed by atoms with Crippen molar-refractivity contribution in [1.29, 1.82) is 5.26 Å². The average Bonchev–Trinajstić information content (AvgIpc) is 2.84. The van der Waals surface area contributed by atoms with E-state index in [0.717, 1.165) is 17.8 Å². The Hall–Kier alpha value is -1.03. The predicted molar refractivity (Wildman–Crippen MR) is 90.0 cm³/mol. The van der Waals surface area contributed by atoms with Crippen LogP contribution in [0.25, 0.3) is 0 Å². The van der Waals surface area contributed by atoms with Gasteiger partial charge in [0, 0.05) is 6.08 Å². The van der Waals surface area contributed by atoms with Gasteiger partial charge < -0.3 is 0 Å². The van der Waals surface area contributed by atoms with Crippen molar-refractivity contribution in [2.45, 2.75) is 71.6 Å². The number of allylic oxidation sites excluding steroid dienone is 4. The first-order chi connectivity index (χ1) is 10.6. The number of hydrogen-bond donors (Lipinski definition) is 0. The molecule has 1 nitrogen and oxygen atoms in total. The zero-order valence-corrected chi connectivity index (χ0v) is 14.2. The summed E-state index contributed by atoms with van der Waals surface area (Å²) in [6.45, 7) is 5.05. The summed E-state index contributed by atoms with van der Waals surface area (Å²) >= 11 is 0. The number of fused-ring (bicyclic) bond motifs is 5. The molecule has 4 aliphatic rings. The van der Waals surface area contributed by atoms with Crippen molar-refractivity contribution >= 4 is 0 Å². The summed E-state index contributed by atoms with van der Waals surface area (Å²) in [6, 6.07) is 2.32. The minimum atomic E-state index is 0.336. The van der Waals surface area contributed by atoms with Crippen LogP contribution in [0, 0.1) is 39.9 Å². The second kappa shape index (κ2) is 4.98. The molecule has 1 heteroatoms. The first-order valence-corrected chi connectivity index (χ1v) is 9.38. The van der Waals surface area contributed by atoms with Crippen LogP contribution in [-0.2, 0) is 0 Å². The molecule has 3 fully saturated rings. The predicted octanol–water partition coefficient (Wildman–Crippen LogP) is 5.79. The lowest BCUT2D eigenvalue weighted by atomic mass is 9.47. The van der Waals surface area contributed by atoms with Gasteiger partial charge in [-0.15, -0.1) is 0 Å². The van der Waals surface area contributed by atoms with Gasteiger partial charge >= 0.3 is 0 Å². The third kappa shape index (κ3) is 1.82. The topological polar surface area (TPSA) is 23.8 Å².